The van der Waals surface area contributed by atoms with Gasteiger partial charge in [0.1, 0.15) is 12.2 Å². The summed E-state index contributed by atoms with van der Waals surface area (Å²) >= 11 is 0. The minimum atomic E-state index is -1.18. The van der Waals surface area contributed by atoms with Crippen molar-refractivity contribution in [3.05, 3.63) is 12.2 Å². The summed E-state index contributed by atoms with van der Waals surface area (Å²) in [6, 6.07) is 0. The molecule has 0 aromatic carbocycles. The Labute approximate surface area is 83.4 Å². The molecule has 1 N–H and O–H groups in total. The minimum Gasteiger partial charge on any atom is -0.481 e. The summed E-state index contributed by atoms with van der Waals surface area (Å²) < 4.78 is 12.9. The molecule has 1 aromatic rings. The fraction of sp³-hybridized carbons (Fsp3) is 0.571. The van der Waals surface area contributed by atoms with Gasteiger partial charge in [-0.2, -0.15) is 5.10 Å². The topological polar surface area (TPSA) is 85.1 Å². The summed E-state index contributed by atoms with van der Waals surface area (Å²) in [5.74, 6) is 0.0800. The molecule has 1 unspecified atom stereocenters. The molecule has 0 amide bonds. The van der Waals surface area contributed by atoms with Crippen molar-refractivity contribution in [2.45, 2.75) is 12.2 Å². The van der Waals surface area contributed by atoms with Gasteiger partial charge in [-0.3, -0.25) is 13.7 Å². The molecular formula is C7H11N3O3S. The van der Waals surface area contributed by atoms with Gasteiger partial charge in [-0.25, -0.2) is 4.98 Å². The molecule has 0 aliphatic rings. The van der Waals surface area contributed by atoms with E-state index in [2.05, 4.69) is 10.1 Å². The van der Waals surface area contributed by atoms with E-state index in [1.165, 1.54) is 11.0 Å². The molecule has 0 saturated heterocycles. The SMILES string of the molecule is Cn1ncnc1CS(=O)CCC(=O)O. The van der Waals surface area contributed by atoms with E-state index >= 15 is 0 Å². The predicted molar refractivity (Wildman–Crippen MR) is 50.0 cm³/mol. The van der Waals surface area contributed by atoms with Crippen molar-refractivity contribution in [3.8, 4) is 0 Å². The van der Waals surface area contributed by atoms with Crippen LogP contribution in [0.15, 0.2) is 6.33 Å². The maximum atomic E-state index is 11.3. The molecule has 1 aromatic heterocycles. The van der Waals surface area contributed by atoms with Crippen molar-refractivity contribution in [1.29, 1.82) is 0 Å². The van der Waals surface area contributed by atoms with Crippen LogP contribution < -0.4 is 0 Å². The molecule has 0 fully saturated rings. The van der Waals surface area contributed by atoms with Crippen LogP contribution in [-0.2, 0) is 28.4 Å². The van der Waals surface area contributed by atoms with Gasteiger partial charge in [0.05, 0.1) is 12.2 Å². The van der Waals surface area contributed by atoms with Crippen LogP contribution in [0.1, 0.15) is 12.2 Å². The Balaban J connectivity index is 2.42. The van der Waals surface area contributed by atoms with Crippen molar-refractivity contribution in [2.75, 3.05) is 5.75 Å². The van der Waals surface area contributed by atoms with E-state index in [1.54, 1.807) is 7.05 Å². The quantitative estimate of drug-likeness (QED) is 0.721. The average Bonchev–Trinajstić information content (AvgIpc) is 2.49. The van der Waals surface area contributed by atoms with Crippen molar-refractivity contribution in [1.82, 2.24) is 14.8 Å². The highest BCUT2D eigenvalue weighted by molar-refractivity contribution is 7.84. The highest BCUT2D eigenvalue weighted by Crippen LogP contribution is 1.98. The van der Waals surface area contributed by atoms with E-state index in [4.69, 9.17) is 5.11 Å². The number of aromatic nitrogens is 3. The third-order valence-electron chi connectivity index (χ3n) is 1.64. The summed E-state index contributed by atoms with van der Waals surface area (Å²) in [7, 11) is 0.521. The maximum absolute atomic E-state index is 11.3. The number of carboxylic acids is 1. The highest BCUT2D eigenvalue weighted by atomic mass is 32.2. The first-order valence-corrected chi connectivity index (χ1v) is 5.48. The van der Waals surface area contributed by atoms with Gasteiger partial charge in [-0.05, 0) is 0 Å². The van der Waals surface area contributed by atoms with Gasteiger partial charge >= 0.3 is 5.97 Å². The van der Waals surface area contributed by atoms with Gasteiger partial charge in [0.2, 0.25) is 0 Å². The zero-order chi connectivity index (χ0) is 10.6. The number of aliphatic carboxylic acids is 1. The second-order valence-electron chi connectivity index (χ2n) is 2.73. The molecule has 0 radical (unpaired) electrons. The monoisotopic (exact) mass is 217 g/mol. The molecule has 0 aliphatic carbocycles. The Kier molecular flexibility index (Phi) is 3.75. The second kappa shape index (κ2) is 4.85. The maximum Gasteiger partial charge on any atom is 0.304 e. The first-order valence-electron chi connectivity index (χ1n) is 3.99. The molecule has 78 valence electrons. The lowest BCUT2D eigenvalue weighted by Gasteiger charge is -1.99. The standard InChI is InChI=1S/C7H11N3O3S/c1-10-6(8-5-9-10)4-14(13)3-2-7(11)12/h5H,2-4H2,1H3,(H,11,12). The molecule has 14 heavy (non-hydrogen) atoms. The van der Waals surface area contributed by atoms with Crippen LogP contribution in [0, 0.1) is 0 Å². The van der Waals surface area contributed by atoms with Gasteiger partial charge in [-0.15, -0.1) is 0 Å². The Bertz CT molecular complexity index is 350. The van der Waals surface area contributed by atoms with Crippen LogP contribution in [0.25, 0.3) is 0 Å². The number of rotatable bonds is 5. The van der Waals surface area contributed by atoms with Gasteiger partial charge in [0.25, 0.3) is 0 Å². The first-order chi connectivity index (χ1) is 6.59. The van der Waals surface area contributed by atoms with Crippen molar-refractivity contribution >= 4 is 16.8 Å². The van der Waals surface area contributed by atoms with E-state index in [0.29, 0.717) is 5.82 Å². The average molecular weight is 217 g/mol. The Morgan fingerprint density at radius 3 is 2.93 bits per heavy atom. The number of aryl methyl sites for hydroxylation is 1. The van der Waals surface area contributed by atoms with Gasteiger partial charge in [0, 0.05) is 23.6 Å². The molecule has 0 bridgehead atoms. The molecule has 0 saturated carbocycles. The van der Waals surface area contributed by atoms with Crippen LogP contribution in [0.2, 0.25) is 0 Å². The summed E-state index contributed by atoms with van der Waals surface area (Å²) in [5, 5.41) is 12.2. The molecule has 6 nitrogen and oxygen atoms in total. The Morgan fingerprint density at radius 2 is 2.43 bits per heavy atom. The zero-order valence-corrected chi connectivity index (χ0v) is 8.53. The molecule has 1 atom stereocenters. The van der Waals surface area contributed by atoms with E-state index in [0.717, 1.165) is 0 Å². The number of carbonyl (C=O) groups is 1. The van der Waals surface area contributed by atoms with Crippen molar-refractivity contribution in [3.63, 3.8) is 0 Å². The smallest absolute Gasteiger partial charge is 0.304 e. The molecular weight excluding hydrogens is 206 g/mol. The lowest BCUT2D eigenvalue weighted by Crippen LogP contribution is -2.09. The van der Waals surface area contributed by atoms with E-state index in [-0.39, 0.29) is 17.9 Å². The second-order valence-corrected chi connectivity index (χ2v) is 4.31. The molecule has 0 aliphatic heterocycles. The summed E-state index contributed by atoms with van der Waals surface area (Å²) in [6.07, 6.45) is 1.30. The van der Waals surface area contributed by atoms with Crippen molar-refractivity contribution < 1.29 is 14.1 Å². The molecule has 1 heterocycles. The van der Waals surface area contributed by atoms with Gasteiger partial charge in [-0.1, -0.05) is 0 Å². The molecule has 1 rings (SSSR count). The summed E-state index contributed by atoms with van der Waals surface area (Å²) in [6.45, 7) is 0. The predicted octanol–water partition coefficient (Wildman–Crippen LogP) is -0.462. The fourth-order valence-corrected chi connectivity index (χ4v) is 1.96. The lowest BCUT2D eigenvalue weighted by molar-refractivity contribution is -0.136. The van der Waals surface area contributed by atoms with Crippen molar-refractivity contribution in [2.24, 2.45) is 7.05 Å². The number of hydrogen-bond donors (Lipinski definition) is 1. The largest absolute Gasteiger partial charge is 0.481 e. The van der Waals surface area contributed by atoms with E-state index in [9.17, 15) is 9.00 Å². The van der Waals surface area contributed by atoms with Crippen LogP contribution in [0.3, 0.4) is 0 Å². The Hall–Kier alpha value is -1.24. The number of nitrogens with zero attached hydrogens (tertiary/aromatic N) is 3. The molecule has 0 spiro atoms. The summed E-state index contributed by atoms with van der Waals surface area (Å²) in [4.78, 5) is 14.1. The van der Waals surface area contributed by atoms with Gasteiger partial charge < -0.3 is 5.11 Å². The first kappa shape index (κ1) is 10.8. The fourth-order valence-electron chi connectivity index (χ4n) is 0.868. The number of hydrogen-bond acceptors (Lipinski definition) is 4. The Morgan fingerprint density at radius 1 is 1.71 bits per heavy atom. The minimum absolute atomic E-state index is 0.0789. The third kappa shape index (κ3) is 3.25. The summed E-state index contributed by atoms with van der Waals surface area (Å²) in [5.41, 5.74) is 0. The van der Waals surface area contributed by atoms with Crippen LogP contribution in [-0.4, -0.2) is 35.8 Å². The van der Waals surface area contributed by atoms with Gasteiger partial charge in [0.15, 0.2) is 0 Å². The van der Waals surface area contributed by atoms with Crippen LogP contribution >= 0.6 is 0 Å². The zero-order valence-electron chi connectivity index (χ0n) is 7.71. The number of carboxylic acid groups (broad SMARTS) is 1. The molecule has 7 heteroatoms. The van der Waals surface area contributed by atoms with E-state index < -0.39 is 16.8 Å². The van der Waals surface area contributed by atoms with E-state index in [1.807, 2.05) is 0 Å². The highest BCUT2D eigenvalue weighted by Gasteiger charge is 2.08. The normalized spacial score (nSPS) is 12.6. The van der Waals surface area contributed by atoms with Crippen LogP contribution in [0.4, 0.5) is 0 Å². The van der Waals surface area contributed by atoms with Crippen LogP contribution in [0.5, 0.6) is 0 Å². The lowest BCUT2D eigenvalue weighted by atomic mass is 10.5. The third-order valence-corrected chi connectivity index (χ3v) is 2.88.